The third-order valence-corrected chi connectivity index (χ3v) is 5.74. The Balaban J connectivity index is 1.51. The van der Waals surface area contributed by atoms with Crippen LogP contribution in [0.15, 0.2) is 89.6 Å². The summed E-state index contributed by atoms with van der Waals surface area (Å²) >= 11 is 6.21. The normalized spacial score (nSPS) is 13.3. The van der Waals surface area contributed by atoms with Crippen molar-refractivity contribution in [2.75, 3.05) is 28.8 Å². The van der Waals surface area contributed by atoms with Gasteiger partial charge in [-0.05, 0) is 67.6 Å². The fraction of sp³-hybridized carbons (Fsp3) is 0.115. The molecule has 0 bridgehead atoms. The number of benzene rings is 3. The summed E-state index contributed by atoms with van der Waals surface area (Å²) in [5, 5.41) is 2.71. The van der Waals surface area contributed by atoms with Crippen LogP contribution >= 0.6 is 11.6 Å². The van der Waals surface area contributed by atoms with Crippen molar-refractivity contribution in [2.24, 2.45) is 0 Å². The van der Waals surface area contributed by atoms with Crippen molar-refractivity contribution in [1.82, 2.24) is 0 Å². The molecular formula is C26H22ClN3O4. The van der Waals surface area contributed by atoms with E-state index < -0.39 is 11.8 Å². The molecule has 1 aliphatic heterocycles. The lowest BCUT2D eigenvalue weighted by Crippen LogP contribution is -2.32. The Morgan fingerprint density at radius 2 is 1.59 bits per heavy atom. The molecule has 0 spiro atoms. The van der Waals surface area contributed by atoms with Crippen molar-refractivity contribution in [3.05, 3.63) is 95.2 Å². The Kier molecular flexibility index (Phi) is 6.65. The van der Waals surface area contributed by atoms with E-state index in [1.165, 1.54) is 7.11 Å². The van der Waals surface area contributed by atoms with Gasteiger partial charge >= 0.3 is 0 Å². The molecular weight excluding hydrogens is 454 g/mol. The van der Waals surface area contributed by atoms with Crippen LogP contribution < -0.4 is 19.9 Å². The highest BCUT2D eigenvalue weighted by atomic mass is 35.5. The van der Waals surface area contributed by atoms with Crippen LogP contribution in [-0.4, -0.2) is 31.4 Å². The molecule has 8 heteroatoms. The van der Waals surface area contributed by atoms with Gasteiger partial charge in [-0.15, -0.1) is 0 Å². The van der Waals surface area contributed by atoms with Crippen LogP contribution in [0.4, 0.5) is 17.1 Å². The number of para-hydroxylation sites is 1. The zero-order valence-electron chi connectivity index (χ0n) is 18.6. The topological polar surface area (TPSA) is 79.0 Å². The van der Waals surface area contributed by atoms with E-state index in [4.69, 9.17) is 16.3 Å². The molecule has 0 unspecified atom stereocenters. The summed E-state index contributed by atoms with van der Waals surface area (Å²) in [4.78, 5) is 41.3. The molecule has 0 aromatic heterocycles. The van der Waals surface area contributed by atoms with Crippen LogP contribution in [0.2, 0.25) is 0 Å². The van der Waals surface area contributed by atoms with Crippen LogP contribution in [0.3, 0.4) is 0 Å². The Bertz CT molecular complexity index is 1260. The lowest BCUT2D eigenvalue weighted by molar-refractivity contribution is -0.120. The number of rotatable bonds is 7. The number of halogens is 1. The quantitative estimate of drug-likeness (QED) is 0.497. The van der Waals surface area contributed by atoms with Gasteiger partial charge in [-0.2, -0.15) is 0 Å². The molecule has 0 saturated heterocycles. The van der Waals surface area contributed by atoms with Gasteiger partial charge in [0.05, 0.1) is 12.8 Å². The van der Waals surface area contributed by atoms with E-state index in [9.17, 15) is 14.4 Å². The van der Waals surface area contributed by atoms with Crippen molar-refractivity contribution in [3.63, 3.8) is 0 Å². The van der Waals surface area contributed by atoms with Crippen LogP contribution in [0.1, 0.15) is 17.3 Å². The highest BCUT2D eigenvalue weighted by molar-refractivity contribution is 6.53. The molecule has 3 aromatic rings. The monoisotopic (exact) mass is 475 g/mol. The standard InChI is InChI=1S/C26H22ClN3O4/c1-3-29(19-7-5-4-6-8-19)24(31)17-9-11-18(12-10-17)28-23-22(27)25(32)30(26(23)33)20-13-15-21(34-2)16-14-20/h4-16,28H,3H2,1-2H3. The van der Waals surface area contributed by atoms with Gasteiger partial charge in [0.25, 0.3) is 17.7 Å². The van der Waals surface area contributed by atoms with Crippen molar-refractivity contribution < 1.29 is 19.1 Å². The van der Waals surface area contributed by atoms with Gasteiger partial charge in [0.1, 0.15) is 16.5 Å². The second-order valence-corrected chi connectivity index (χ2v) is 7.80. The first-order valence-corrected chi connectivity index (χ1v) is 11.0. The number of amides is 3. The molecule has 172 valence electrons. The average molecular weight is 476 g/mol. The van der Waals surface area contributed by atoms with Crippen molar-refractivity contribution in [3.8, 4) is 5.75 Å². The van der Waals surface area contributed by atoms with Gasteiger partial charge in [0, 0.05) is 23.5 Å². The minimum Gasteiger partial charge on any atom is -0.497 e. The molecule has 3 amide bonds. The zero-order valence-corrected chi connectivity index (χ0v) is 19.4. The van der Waals surface area contributed by atoms with Crippen LogP contribution in [0, 0.1) is 0 Å². The van der Waals surface area contributed by atoms with Gasteiger partial charge < -0.3 is 15.0 Å². The Labute approximate surface area is 202 Å². The molecule has 1 N–H and O–H groups in total. The lowest BCUT2D eigenvalue weighted by Gasteiger charge is -2.21. The molecule has 4 rings (SSSR count). The van der Waals surface area contributed by atoms with Gasteiger partial charge in [-0.3, -0.25) is 14.4 Å². The van der Waals surface area contributed by atoms with Gasteiger partial charge in [0.15, 0.2) is 0 Å². The van der Waals surface area contributed by atoms with Crippen LogP contribution in [-0.2, 0) is 9.59 Å². The molecule has 34 heavy (non-hydrogen) atoms. The second-order valence-electron chi connectivity index (χ2n) is 7.42. The maximum Gasteiger partial charge on any atom is 0.283 e. The number of imide groups is 1. The number of anilines is 3. The first-order valence-electron chi connectivity index (χ1n) is 10.6. The van der Waals surface area contributed by atoms with Gasteiger partial charge in [-0.25, -0.2) is 4.90 Å². The lowest BCUT2D eigenvalue weighted by atomic mass is 10.1. The molecule has 0 radical (unpaired) electrons. The minimum atomic E-state index is -0.618. The molecule has 0 fully saturated rings. The first-order chi connectivity index (χ1) is 16.4. The largest absolute Gasteiger partial charge is 0.497 e. The van der Waals surface area contributed by atoms with E-state index in [0.29, 0.717) is 29.2 Å². The summed E-state index contributed by atoms with van der Waals surface area (Å²) < 4.78 is 5.12. The summed E-state index contributed by atoms with van der Waals surface area (Å²) in [7, 11) is 1.53. The number of hydrogen-bond acceptors (Lipinski definition) is 5. The molecule has 1 heterocycles. The summed E-state index contributed by atoms with van der Waals surface area (Å²) in [6, 6.07) is 22.6. The number of methoxy groups -OCH3 is 1. The number of nitrogens with one attached hydrogen (secondary N) is 1. The number of carbonyl (C=O) groups excluding carboxylic acids is 3. The van der Waals surface area contributed by atoms with Crippen molar-refractivity contribution in [2.45, 2.75) is 6.92 Å². The summed E-state index contributed by atoms with van der Waals surface area (Å²) in [5.74, 6) is -0.728. The second kappa shape index (κ2) is 9.80. The minimum absolute atomic E-state index is 0.0268. The highest BCUT2D eigenvalue weighted by Gasteiger charge is 2.39. The maximum atomic E-state index is 13.0. The number of nitrogens with zero attached hydrogens (tertiary/aromatic N) is 2. The SMILES string of the molecule is CCN(C(=O)c1ccc(NC2=C(Cl)C(=O)N(c3ccc(OC)cc3)C2=O)cc1)c1ccccc1. The van der Waals surface area contributed by atoms with Crippen LogP contribution in [0.5, 0.6) is 5.75 Å². The summed E-state index contributed by atoms with van der Waals surface area (Å²) in [6.45, 7) is 2.43. The summed E-state index contributed by atoms with van der Waals surface area (Å²) in [5.41, 5.74) is 2.17. The predicted molar refractivity (Wildman–Crippen MR) is 132 cm³/mol. The van der Waals surface area contributed by atoms with E-state index in [1.807, 2.05) is 37.3 Å². The number of carbonyl (C=O) groups is 3. The summed E-state index contributed by atoms with van der Waals surface area (Å²) in [6.07, 6.45) is 0. The van der Waals surface area contributed by atoms with Crippen LogP contribution in [0.25, 0.3) is 0 Å². The first kappa shape index (κ1) is 23.1. The van der Waals surface area contributed by atoms with Crippen molar-refractivity contribution in [1.29, 1.82) is 0 Å². The average Bonchev–Trinajstić information content (AvgIpc) is 3.08. The molecule has 1 aliphatic rings. The van der Waals surface area contributed by atoms with E-state index in [-0.39, 0.29) is 16.6 Å². The third kappa shape index (κ3) is 4.38. The Morgan fingerprint density at radius 3 is 2.18 bits per heavy atom. The van der Waals surface area contributed by atoms with E-state index in [1.54, 1.807) is 53.4 Å². The number of ether oxygens (including phenoxy) is 1. The smallest absolute Gasteiger partial charge is 0.283 e. The fourth-order valence-electron chi connectivity index (χ4n) is 3.62. The Morgan fingerprint density at radius 1 is 0.941 bits per heavy atom. The maximum absolute atomic E-state index is 13.0. The number of hydrogen-bond donors (Lipinski definition) is 1. The zero-order chi connectivity index (χ0) is 24.2. The van der Waals surface area contributed by atoms with E-state index in [2.05, 4.69) is 5.32 Å². The Hall–Kier alpha value is -4.10. The fourth-order valence-corrected chi connectivity index (χ4v) is 3.84. The third-order valence-electron chi connectivity index (χ3n) is 5.39. The van der Waals surface area contributed by atoms with E-state index >= 15 is 0 Å². The van der Waals surface area contributed by atoms with E-state index in [0.717, 1.165) is 10.6 Å². The highest BCUT2D eigenvalue weighted by Crippen LogP contribution is 2.31. The predicted octanol–water partition coefficient (Wildman–Crippen LogP) is 4.80. The van der Waals surface area contributed by atoms with Gasteiger partial charge in [-0.1, -0.05) is 29.8 Å². The molecule has 7 nitrogen and oxygen atoms in total. The molecule has 0 aliphatic carbocycles. The molecule has 3 aromatic carbocycles. The van der Waals surface area contributed by atoms with Crippen molar-refractivity contribution >= 4 is 46.4 Å². The molecule has 0 saturated carbocycles. The van der Waals surface area contributed by atoms with Gasteiger partial charge in [0.2, 0.25) is 0 Å². The molecule has 0 atom stereocenters.